The number of piperazine rings is 1. The van der Waals surface area contributed by atoms with Crippen LogP contribution in [-0.4, -0.2) is 54.2 Å². The second-order valence-corrected chi connectivity index (χ2v) is 5.13. The number of nitrogens with zero attached hydrogens (tertiary/aromatic N) is 3. The Morgan fingerprint density at radius 3 is 2.85 bits per heavy atom. The summed E-state index contributed by atoms with van der Waals surface area (Å²) >= 11 is 0. The van der Waals surface area contributed by atoms with E-state index in [9.17, 15) is 4.79 Å². The van der Waals surface area contributed by atoms with Crippen molar-refractivity contribution in [3.63, 3.8) is 0 Å². The van der Waals surface area contributed by atoms with E-state index in [0.29, 0.717) is 5.69 Å². The molecule has 2 aromatic rings. The molecule has 0 saturated carbocycles. The van der Waals surface area contributed by atoms with Crippen molar-refractivity contribution in [2.24, 2.45) is 0 Å². The molecule has 3 rings (SSSR count). The molecule has 1 fully saturated rings. The molecule has 1 N–H and O–H groups in total. The van der Waals surface area contributed by atoms with Gasteiger partial charge in [0.25, 0.3) is 0 Å². The summed E-state index contributed by atoms with van der Waals surface area (Å²) in [6, 6.07) is 7.58. The predicted molar refractivity (Wildman–Crippen MR) is 74.9 cm³/mol. The first kappa shape index (κ1) is 13.1. The molecule has 0 bridgehead atoms. The number of fused-ring (bicyclic) bond motifs is 1. The van der Waals surface area contributed by atoms with Gasteiger partial charge in [-0.05, 0) is 19.2 Å². The summed E-state index contributed by atoms with van der Waals surface area (Å²) in [4.78, 5) is 14.3. The van der Waals surface area contributed by atoms with Crippen LogP contribution in [0.25, 0.3) is 11.0 Å². The molecule has 0 radical (unpaired) electrons. The Labute approximate surface area is 117 Å². The SMILES string of the molecule is CN1CCN(NC(=O)Cc2noc3ccccc23)CC1. The number of rotatable bonds is 3. The molecule has 0 atom stereocenters. The molecule has 1 amide bonds. The highest BCUT2D eigenvalue weighted by Crippen LogP contribution is 2.17. The average Bonchev–Trinajstić information content (AvgIpc) is 2.85. The molecule has 2 heterocycles. The molecule has 0 unspecified atom stereocenters. The van der Waals surface area contributed by atoms with Gasteiger partial charge < -0.3 is 9.42 Å². The molecule has 106 valence electrons. The number of para-hydroxylation sites is 1. The summed E-state index contributed by atoms with van der Waals surface area (Å²) in [5.74, 6) is -0.0476. The fourth-order valence-electron chi connectivity index (χ4n) is 2.35. The lowest BCUT2D eigenvalue weighted by atomic mass is 10.2. The summed E-state index contributed by atoms with van der Waals surface area (Å²) in [5, 5.41) is 6.84. The van der Waals surface area contributed by atoms with Crippen LogP contribution in [0.4, 0.5) is 0 Å². The van der Waals surface area contributed by atoms with Crippen molar-refractivity contribution in [1.29, 1.82) is 0 Å². The molecular weight excluding hydrogens is 256 g/mol. The highest BCUT2D eigenvalue weighted by atomic mass is 16.5. The van der Waals surface area contributed by atoms with Gasteiger partial charge in [-0.2, -0.15) is 0 Å². The molecule has 0 aliphatic carbocycles. The zero-order chi connectivity index (χ0) is 13.9. The number of benzene rings is 1. The normalized spacial score (nSPS) is 17.4. The number of hydrogen-bond donors (Lipinski definition) is 1. The second kappa shape index (κ2) is 5.60. The molecule has 6 heteroatoms. The number of amides is 1. The van der Waals surface area contributed by atoms with Crippen molar-refractivity contribution >= 4 is 16.9 Å². The Kier molecular flexibility index (Phi) is 3.66. The number of hydrazine groups is 1. The summed E-state index contributed by atoms with van der Waals surface area (Å²) in [7, 11) is 2.08. The lowest BCUT2D eigenvalue weighted by Crippen LogP contribution is -2.52. The molecule has 20 heavy (non-hydrogen) atoms. The molecule has 6 nitrogen and oxygen atoms in total. The Morgan fingerprint density at radius 2 is 2.05 bits per heavy atom. The maximum Gasteiger partial charge on any atom is 0.240 e. The highest BCUT2D eigenvalue weighted by molar-refractivity contribution is 5.85. The number of likely N-dealkylation sites (N-methyl/N-ethyl adjacent to an activating group) is 1. The largest absolute Gasteiger partial charge is 0.356 e. The molecule has 1 aromatic carbocycles. The Hall–Kier alpha value is -1.92. The van der Waals surface area contributed by atoms with Gasteiger partial charge >= 0.3 is 0 Å². The van der Waals surface area contributed by atoms with Crippen molar-refractivity contribution in [3.05, 3.63) is 30.0 Å². The Balaban J connectivity index is 1.61. The first-order valence-corrected chi connectivity index (χ1v) is 6.78. The maximum absolute atomic E-state index is 12.1. The van der Waals surface area contributed by atoms with E-state index >= 15 is 0 Å². The topological polar surface area (TPSA) is 61.6 Å². The Bertz CT molecular complexity index is 602. The number of hydrogen-bond acceptors (Lipinski definition) is 5. The van der Waals surface area contributed by atoms with Gasteiger partial charge in [-0.3, -0.25) is 10.2 Å². The van der Waals surface area contributed by atoms with Crippen LogP contribution in [0, 0.1) is 0 Å². The van der Waals surface area contributed by atoms with Crippen LogP contribution < -0.4 is 5.43 Å². The lowest BCUT2D eigenvalue weighted by molar-refractivity contribution is -0.126. The number of carbonyl (C=O) groups excluding carboxylic acids is 1. The van der Waals surface area contributed by atoms with Gasteiger partial charge in [0.05, 0.1) is 6.42 Å². The minimum absolute atomic E-state index is 0.0476. The standard InChI is InChI=1S/C14H18N4O2/c1-17-6-8-18(9-7-17)15-14(19)10-12-11-4-2-3-5-13(11)20-16-12/h2-5H,6-10H2,1H3,(H,15,19). The van der Waals surface area contributed by atoms with Crippen LogP contribution in [-0.2, 0) is 11.2 Å². The van der Waals surface area contributed by atoms with Crippen LogP contribution in [0.5, 0.6) is 0 Å². The first-order chi connectivity index (χ1) is 9.72. The maximum atomic E-state index is 12.1. The number of aromatic nitrogens is 1. The van der Waals surface area contributed by atoms with Gasteiger partial charge in [-0.25, -0.2) is 5.01 Å². The Morgan fingerprint density at radius 1 is 1.30 bits per heavy atom. The summed E-state index contributed by atoms with van der Waals surface area (Å²) < 4.78 is 5.20. The van der Waals surface area contributed by atoms with E-state index in [1.54, 1.807) is 0 Å². The van der Waals surface area contributed by atoms with E-state index in [0.717, 1.165) is 37.1 Å². The van der Waals surface area contributed by atoms with E-state index in [1.807, 2.05) is 29.3 Å². The van der Waals surface area contributed by atoms with Gasteiger partial charge in [0.1, 0.15) is 5.69 Å². The van der Waals surface area contributed by atoms with Gasteiger partial charge in [0.2, 0.25) is 5.91 Å². The average molecular weight is 274 g/mol. The van der Waals surface area contributed by atoms with E-state index in [4.69, 9.17) is 4.52 Å². The quantitative estimate of drug-likeness (QED) is 0.890. The third-order valence-electron chi connectivity index (χ3n) is 3.57. The zero-order valence-corrected chi connectivity index (χ0v) is 11.5. The zero-order valence-electron chi connectivity index (χ0n) is 11.5. The predicted octanol–water partition coefficient (Wildman–Crippen LogP) is 0.649. The summed E-state index contributed by atoms with van der Waals surface area (Å²) in [6.45, 7) is 3.63. The summed E-state index contributed by atoms with van der Waals surface area (Å²) in [5.41, 5.74) is 4.33. The summed E-state index contributed by atoms with van der Waals surface area (Å²) in [6.07, 6.45) is 0.239. The van der Waals surface area contributed by atoms with Gasteiger partial charge in [0, 0.05) is 31.6 Å². The van der Waals surface area contributed by atoms with Crippen molar-refractivity contribution in [2.45, 2.75) is 6.42 Å². The van der Waals surface area contributed by atoms with Crippen molar-refractivity contribution in [1.82, 2.24) is 20.5 Å². The number of nitrogens with one attached hydrogen (secondary N) is 1. The van der Waals surface area contributed by atoms with Crippen molar-refractivity contribution in [3.8, 4) is 0 Å². The monoisotopic (exact) mass is 274 g/mol. The molecule has 1 saturated heterocycles. The second-order valence-electron chi connectivity index (χ2n) is 5.13. The van der Waals surface area contributed by atoms with E-state index in [2.05, 4.69) is 22.5 Å². The third-order valence-corrected chi connectivity index (χ3v) is 3.57. The lowest BCUT2D eigenvalue weighted by Gasteiger charge is -2.32. The van der Waals surface area contributed by atoms with E-state index in [-0.39, 0.29) is 12.3 Å². The minimum Gasteiger partial charge on any atom is -0.356 e. The van der Waals surface area contributed by atoms with Crippen molar-refractivity contribution < 1.29 is 9.32 Å². The van der Waals surface area contributed by atoms with Crippen LogP contribution >= 0.6 is 0 Å². The van der Waals surface area contributed by atoms with Crippen LogP contribution in [0.3, 0.4) is 0 Å². The highest BCUT2D eigenvalue weighted by Gasteiger charge is 2.17. The molecule has 1 aromatic heterocycles. The molecular formula is C14H18N4O2. The fourth-order valence-corrected chi connectivity index (χ4v) is 2.35. The minimum atomic E-state index is -0.0476. The van der Waals surface area contributed by atoms with Crippen LogP contribution in [0.15, 0.2) is 28.8 Å². The van der Waals surface area contributed by atoms with Gasteiger partial charge in [-0.15, -0.1) is 0 Å². The van der Waals surface area contributed by atoms with Crippen LogP contribution in [0.2, 0.25) is 0 Å². The van der Waals surface area contributed by atoms with E-state index in [1.165, 1.54) is 0 Å². The third kappa shape index (κ3) is 2.81. The number of carbonyl (C=O) groups is 1. The van der Waals surface area contributed by atoms with Crippen molar-refractivity contribution in [2.75, 3.05) is 33.2 Å². The van der Waals surface area contributed by atoms with Gasteiger partial charge in [0.15, 0.2) is 5.58 Å². The van der Waals surface area contributed by atoms with E-state index < -0.39 is 0 Å². The molecule has 0 spiro atoms. The molecule has 1 aliphatic heterocycles. The van der Waals surface area contributed by atoms with Gasteiger partial charge in [-0.1, -0.05) is 17.3 Å². The molecule has 1 aliphatic rings. The van der Waals surface area contributed by atoms with Crippen LogP contribution in [0.1, 0.15) is 5.69 Å². The fraction of sp³-hybridized carbons (Fsp3) is 0.429. The first-order valence-electron chi connectivity index (χ1n) is 6.78. The smallest absolute Gasteiger partial charge is 0.240 e.